The van der Waals surface area contributed by atoms with Crippen molar-refractivity contribution >= 4 is 14.6 Å². The van der Waals surface area contributed by atoms with E-state index in [2.05, 4.69) is 83.1 Å². The molecular weight excluding hydrogens is 377 g/mol. The molecule has 4 nitrogen and oxygen atoms in total. The van der Waals surface area contributed by atoms with Crippen LogP contribution in [-0.2, 0) is 15.1 Å². The first kappa shape index (κ1) is 25.4. The molecule has 0 atom stereocenters. The Morgan fingerprint density at radius 2 is 0.560 bits per heavy atom. The molecule has 0 fully saturated rings. The monoisotopic (exact) mass is 422 g/mol. The maximum absolute atomic E-state index is 6.30. The Labute approximate surface area is 161 Å². The van der Waals surface area contributed by atoms with Crippen LogP contribution in [0.25, 0.3) is 0 Å². The molecule has 0 aliphatic rings. The van der Waals surface area contributed by atoms with E-state index in [1.165, 1.54) is 0 Å². The molecule has 0 saturated carbocycles. The Kier molecular flexibility index (Phi) is 9.19. The van der Waals surface area contributed by atoms with Gasteiger partial charge in [0.15, 0.2) is 0 Å². The molecule has 0 aromatic carbocycles. The molecule has 152 valence electrons. The molecule has 0 aromatic heterocycles. The van der Waals surface area contributed by atoms with Crippen molar-refractivity contribution in [3.05, 3.63) is 0 Å². The molecule has 0 heterocycles. The molecular formula is C20H44GeO4. The van der Waals surface area contributed by atoms with Crippen LogP contribution >= 0.6 is 0 Å². The molecule has 0 saturated heterocycles. The summed E-state index contributed by atoms with van der Waals surface area (Å²) in [5.41, 5.74) is 0.102. The zero-order valence-electron chi connectivity index (χ0n) is 19.0. The Morgan fingerprint density at radius 3 is 0.680 bits per heavy atom. The van der Waals surface area contributed by atoms with Crippen molar-refractivity contribution in [2.75, 3.05) is 26.4 Å². The van der Waals surface area contributed by atoms with Crippen LogP contribution in [0.1, 0.15) is 83.1 Å². The second kappa shape index (κ2) is 9.05. The van der Waals surface area contributed by atoms with Crippen molar-refractivity contribution in [2.45, 2.75) is 83.1 Å². The van der Waals surface area contributed by atoms with Crippen LogP contribution in [-0.4, -0.2) is 41.0 Å². The topological polar surface area (TPSA) is 36.9 Å². The van der Waals surface area contributed by atoms with Crippen molar-refractivity contribution in [1.29, 1.82) is 0 Å². The van der Waals surface area contributed by atoms with Gasteiger partial charge in [-0.2, -0.15) is 0 Å². The van der Waals surface area contributed by atoms with Crippen LogP contribution in [0.2, 0.25) is 0 Å². The van der Waals surface area contributed by atoms with Gasteiger partial charge in [0.1, 0.15) is 0 Å². The van der Waals surface area contributed by atoms with E-state index in [0.29, 0.717) is 26.4 Å². The normalized spacial score (nSPS) is 14.9. The summed E-state index contributed by atoms with van der Waals surface area (Å²) in [6, 6.07) is 0. The molecule has 0 rings (SSSR count). The average molecular weight is 421 g/mol. The van der Waals surface area contributed by atoms with E-state index in [1.54, 1.807) is 0 Å². The Morgan fingerprint density at radius 1 is 0.400 bits per heavy atom. The van der Waals surface area contributed by atoms with Gasteiger partial charge in [-0.25, -0.2) is 0 Å². The summed E-state index contributed by atoms with van der Waals surface area (Å²) >= 11 is -3.85. The molecule has 0 N–H and O–H groups in total. The summed E-state index contributed by atoms with van der Waals surface area (Å²) in [5.74, 6) is 0. The van der Waals surface area contributed by atoms with Gasteiger partial charge in [-0.3, -0.25) is 0 Å². The Balaban J connectivity index is 5.41. The van der Waals surface area contributed by atoms with Crippen LogP contribution in [0.3, 0.4) is 0 Å². The third-order valence-electron chi connectivity index (χ3n) is 2.73. The fraction of sp³-hybridized carbons (Fsp3) is 1.00. The molecule has 0 unspecified atom stereocenters. The van der Waals surface area contributed by atoms with Crippen molar-refractivity contribution in [2.24, 2.45) is 21.7 Å². The van der Waals surface area contributed by atoms with Crippen LogP contribution in [0, 0.1) is 21.7 Å². The number of hydrogen-bond acceptors (Lipinski definition) is 4. The van der Waals surface area contributed by atoms with E-state index in [4.69, 9.17) is 15.1 Å². The fourth-order valence-electron chi connectivity index (χ4n) is 1.47. The van der Waals surface area contributed by atoms with E-state index < -0.39 is 14.6 Å². The van der Waals surface area contributed by atoms with Gasteiger partial charge in [-0.05, 0) is 0 Å². The molecule has 0 aliphatic carbocycles. The first-order valence-electron chi connectivity index (χ1n) is 9.39. The third-order valence-corrected chi connectivity index (χ3v) is 6.91. The molecule has 0 spiro atoms. The van der Waals surface area contributed by atoms with Gasteiger partial charge in [-0.15, -0.1) is 0 Å². The van der Waals surface area contributed by atoms with Gasteiger partial charge in [0, 0.05) is 0 Å². The zero-order valence-corrected chi connectivity index (χ0v) is 21.1. The molecule has 0 amide bonds. The van der Waals surface area contributed by atoms with E-state index >= 15 is 0 Å². The van der Waals surface area contributed by atoms with Gasteiger partial charge in [0.05, 0.1) is 0 Å². The van der Waals surface area contributed by atoms with Crippen molar-refractivity contribution < 1.29 is 15.1 Å². The SMILES string of the molecule is CC(C)(C)C[O][Ge]([O]CC(C)(C)C)([O]CC(C)(C)C)[O]CC(C)(C)C. The number of rotatable bonds is 8. The van der Waals surface area contributed by atoms with E-state index in [1.807, 2.05) is 0 Å². The maximum atomic E-state index is 6.30. The van der Waals surface area contributed by atoms with Gasteiger partial charge < -0.3 is 0 Å². The van der Waals surface area contributed by atoms with Crippen LogP contribution < -0.4 is 0 Å². The standard InChI is InChI=1S/C20H44GeO4/c1-17(2,3)13-22-21(23-14-18(4,5)6,24-15-19(7,8)9)25-16-20(10,11)12/h13-16H2,1-12H3. The first-order valence-corrected chi connectivity index (χ1v) is 12.8. The first-order chi connectivity index (χ1) is 10.8. The van der Waals surface area contributed by atoms with Crippen LogP contribution in [0.4, 0.5) is 0 Å². The summed E-state index contributed by atoms with van der Waals surface area (Å²) < 4.78 is 25.2. The summed E-state index contributed by atoms with van der Waals surface area (Å²) in [6.07, 6.45) is 0. The average Bonchev–Trinajstić information content (AvgIpc) is 2.33. The van der Waals surface area contributed by atoms with E-state index in [0.717, 1.165) is 0 Å². The predicted molar refractivity (Wildman–Crippen MR) is 107 cm³/mol. The van der Waals surface area contributed by atoms with Crippen molar-refractivity contribution in [1.82, 2.24) is 0 Å². The molecule has 0 radical (unpaired) electrons. The molecule has 0 aromatic rings. The van der Waals surface area contributed by atoms with E-state index in [-0.39, 0.29) is 21.7 Å². The second-order valence-corrected chi connectivity index (χ2v) is 16.4. The van der Waals surface area contributed by atoms with Crippen molar-refractivity contribution in [3.63, 3.8) is 0 Å². The fourth-order valence-corrected chi connectivity index (χ4v) is 7.64. The van der Waals surface area contributed by atoms with Gasteiger partial charge in [0.25, 0.3) is 0 Å². The number of hydrogen-bond donors (Lipinski definition) is 0. The molecule has 0 aliphatic heterocycles. The predicted octanol–water partition coefficient (Wildman–Crippen LogP) is 5.67. The minimum atomic E-state index is -3.85. The molecule has 5 heteroatoms. The quantitative estimate of drug-likeness (QED) is 0.473. The summed E-state index contributed by atoms with van der Waals surface area (Å²) in [7, 11) is 0. The molecule has 25 heavy (non-hydrogen) atoms. The third kappa shape index (κ3) is 15.2. The second-order valence-electron chi connectivity index (χ2n) is 11.9. The summed E-state index contributed by atoms with van der Waals surface area (Å²) in [4.78, 5) is 0. The van der Waals surface area contributed by atoms with Crippen molar-refractivity contribution in [3.8, 4) is 0 Å². The molecule has 0 bridgehead atoms. The van der Waals surface area contributed by atoms with Crippen LogP contribution in [0.5, 0.6) is 0 Å². The minimum absolute atomic E-state index is 0.0256. The van der Waals surface area contributed by atoms with Crippen LogP contribution in [0.15, 0.2) is 0 Å². The Hall–Kier alpha value is 0.383. The van der Waals surface area contributed by atoms with Gasteiger partial charge >= 0.3 is 161 Å². The van der Waals surface area contributed by atoms with E-state index in [9.17, 15) is 0 Å². The van der Waals surface area contributed by atoms with Gasteiger partial charge in [0.2, 0.25) is 0 Å². The summed E-state index contributed by atoms with van der Waals surface area (Å²) in [5, 5.41) is 0. The summed E-state index contributed by atoms with van der Waals surface area (Å²) in [6.45, 7) is 28.0. The zero-order chi connectivity index (χ0) is 20.2. The Bertz CT molecular complexity index is 303. The van der Waals surface area contributed by atoms with Gasteiger partial charge in [-0.1, -0.05) is 0 Å².